The summed E-state index contributed by atoms with van der Waals surface area (Å²) >= 11 is 7.29. The highest BCUT2D eigenvalue weighted by atomic mass is 32.1. The second-order valence-corrected chi connectivity index (χ2v) is 28.0. The number of carbonyl (C=O) groups excluding carboxylic acids is 6. The smallest absolute Gasteiger partial charge is 0.373 e. The Kier molecular flexibility index (Phi) is 19.7. The lowest BCUT2D eigenvalue weighted by molar-refractivity contribution is -0.144. The molecule has 0 radical (unpaired) electrons. The van der Waals surface area contributed by atoms with Crippen LogP contribution in [0, 0.1) is 24.7 Å². The van der Waals surface area contributed by atoms with E-state index in [1.807, 2.05) is 56.5 Å². The van der Waals surface area contributed by atoms with E-state index < -0.39 is 83.6 Å². The van der Waals surface area contributed by atoms with E-state index in [0.29, 0.717) is 68.1 Å². The fourth-order valence-electron chi connectivity index (χ4n) is 10.7. The van der Waals surface area contributed by atoms with E-state index in [9.17, 15) is 48.6 Å². The molecular weight excluding hydrogens is 1300 g/mol. The fraction of sp³-hybridized carbons (Fsp3) is 0.344. The van der Waals surface area contributed by atoms with Gasteiger partial charge < -0.3 is 40.6 Å². The van der Waals surface area contributed by atoms with Crippen LogP contribution in [0.4, 0.5) is 11.8 Å². The zero-order chi connectivity index (χ0) is 65.1. The number of aryl methyl sites for hydroxylation is 1. The lowest BCUT2D eigenvalue weighted by Crippen LogP contribution is -2.40. The summed E-state index contributed by atoms with van der Waals surface area (Å²) in [6.07, 6.45) is 1.74. The van der Waals surface area contributed by atoms with Gasteiger partial charge in [0.25, 0.3) is 11.8 Å². The summed E-state index contributed by atoms with van der Waals surface area (Å²) in [6.45, 7) is 7.24. The normalized spacial score (nSPS) is 18.5. The van der Waals surface area contributed by atoms with E-state index in [1.54, 1.807) is 35.2 Å². The number of carboxylic acid groups (broad SMARTS) is 2. The molecule has 9 aromatic rings. The maximum Gasteiger partial charge on any atom is 0.373 e. The van der Waals surface area contributed by atoms with Crippen molar-refractivity contribution in [2.75, 3.05) is 25.6 Å². The maximum absolute atomic E-state index is 14.5. The molecule has 25 nitrogen and oxygen atoms in total. The first kappa shape index (κ1) is 64.8. The monoisotopic (exact) mass is 1360 g/mol. The number of methoxy groups -OCH3 is 1. The minimum atomic E-state index is -1.41. The third kappa shape index (κ3) is 14.0. The Morgan fingerprint density at radius 3 is 2.14 bits per heavy atom. The van der Waals surface area contributed by atoms with Gasteiger partial charge in [0, 0.05) is 70.3 Å². The van der Waals surface area contributed by atoms with Gasteiger partial charge in [0.05, 0.1) is 59.3 Å². The van der Waals surface area contributed by atoms with Crippen molar-refractivity contribution in [1.82, 2.24) is 61.1 Å². The minimum absolute atomic E-state index is 0.00305. The van der Waals surface area contributed by atoms with Crippen molar-refractivity contribution in [2.45, 2.75) is 96.7 Å². The van der Waals surface area contributed by atoms with E-state index in [2.05, 4.69) is 26.3 Å². The minimum Gasteiger partial charge on any atom is -0.481 e. The number of ether oxygens (including phenoxy) is 1. The van der Waals surface area contributed by atoms with Crippen molar-refractivity contribution in [1.29, 1.82) is 0 Å². The van der Waals surface area contributed by atoms with Crippen molar-refractivity contribution >= 4 is 127 Å². The summed E-state index contributed by atoms with van der Waals surface area (Å²) in [7, 11) is 2.97. The number of hydrogen-bond donors (Lipinski definition) is 6. The molecule has 9 heterocycles. The van der Waals surface area contributed by atoms with Crippen LogP contribution in [0.25, 0.3) is 43.4 Å². The van der Waals surface area contributed by atoms with Gasteiger partial charge in [0.1, 0.15) is 59.2 Å². The van der Waals surface area contributed by atoms with Gasteiger partial charge in [-0.3, -0.25) is 33.6 Å². The molecule has 1 aliphatic carbocycles. The molecule has 1 saturated carbocycles. The number of thiazole rings is 6. The molecule has 1 aromatic carbocycles. The predicted molar refractivity (Wildman–Crippen MR) is 346 cm³/mol. The summed E-state index contributed by atoms with van der Waals surface area (Å²) < 4.78 is 11.1. The van der Waals surface area contributed by atoms with Gasteiger partial charge >= 0.3 is 18.0 Å². The third-order valence-corrected chi connectivity index (χ3v) is 21.5. The summed E-state index contributed by atoms with van der Waals surface area (Å²) in [6, 6.07) is 11.0. The van der Waals surface area contributed by atoms with Crippen molar-refractivity contribution in [3.8, 4) is 43.4 Å². The number of amides is 5. The van der Waals surface area contributed by atoms with Crippen LogP contribution in [0.1, 0.15) is 156 Å². The molecule has 2 aliphatic rings. The van der Waals surface area contributed by atoms with Crippen molar-refractivity contribution < 1.29 is 57.7 Å². The Labute approximate surface area is 549 Å². The van der Waals surface area contributed by atoms with Gasteiger partial charge in [0.2, 0.25) is 23.5 Å². The summed E-state index contributed by atoms with van der Waals surface area (Å²) in [5.41, 5.74) is 3.10. The van der Waals surface area contributed by atoms with Crippen LogP contribution in [0.5, 0.6) is 0 Å². The van der Waals surface area contributed by atoms with Crippen LogP contribution in [0.3, 0.4) is 0 Å². The van der Waals surface area contributed by atoms with Crippen LogP contribution in [0.15, 0.2) is 74.6 Å². The van der Waals surface area contributed by atoms with E-state index in [1.165, 1.54) is 59.5 Å². The Hall–Kier alpha value is -8.72. The van der Waals surface area contributed by atoms with E-state index in [0.717, 1.165) is 39.3 Å². The Morgan fingerprint density at radius 2 is 1.42 bits per heavy atom. The van der Waals surface area contributed by atoms with Gasteiger partial charge in [0.15, 0.2) is 11.6 Å². The quantitative estimate of drug-likeness (QED) is 0.0624. The van der Waals surface area contributed by atoms with Crippen molar-refractivity contribution in [2.24, 2.45) is 17.8 Å². The fourth-order valence-corrected chi connectivity index (χ4v) is 16.4. The molecule has 5 amide bonds. The number of aliphatic carboxylic acids is 1. The number of benzene rings is 1. The zero-order valence-electron chi connectivity index (χ0n) is 50.1. The van der Waals surface area contributed by atoms with Crippen LogP contribution in [-0.4, -0.2) is 118 Å². The number of fused-ring (bicyclic) bond motifs is 14. The highest BCUT2D eigenvalue weighted by molar-refractivity contribution is 7.15. The average molecular weight is 1360 g/mol. The third-order valence-electron chi connectivity index (χ3n) is 15.7. The Balaban J connectivity index is 0.994. The van der Waals surface area contributed by atoms with E-state index in [4.69, 9.17) is 44.0 Å². The van der Waals surface area contributed by atoms with Crippen LogP contribution >= 0.6 is 68.0 Å². The lowest BCUT2D eigenvalue weighted by Gasteiger charge is -2.28. The first-order chi connectivity index (χ1) is 44.2. The van der Waals surface area contributed by atoms with Crippen molar-refractivity contribution in [3.05, 3.63) is 123 Å². The van der Waals surface area contributed by atoms with Gasteiger partial charge in [-0.15, -0.1) is 68.0 Å². The first-order valence-corrected chi connectivity index (χ1v) is 34.1. The molecule has 8 aromatic heterocycles. The molecule has 1 unspecified atom stereocenters. The Bertz CT molecular complexity index is 4270. The number of rotatable bonds is 13. The number of carbonyl (C=O) groups is 8. The molecule has 0 spiro atoms. The molecule has 1 aliphatic heterocycles. The highest BCUT2D eigenvalue weighted by Gasteiger charge is 2.38. The molecule has 4 atom stereocenters. The molecule has 10 bridgehead atoms. The van der Waals surface area contributed by atoms with Crippen LogP contribution in [-0.2, 0) is 30.5 Å². The number of anilines is 2. The number of pyridine rings is 1. The second kappa shape index (κ2) is 28.0. The number of aromatic nitrogens is 8. The van der Waals surface area contributed by atoms with Gasteiger partial charge in [-0.25, -0.2) is 49.6 Å². The SMILES string of the molecule is CNC(=O)C[C@@H]1NC(=O)c2csc(n2)-c2ccc(-c3nc(N(C(=O)C4CCC(C(=O)O)CC4)c4ncc(C(=O)O)o4)cs3)nc2-c2csc(n2)-c2csc(n2)[C@H]([C@@H](C)c2ccccc2)NC(=O)CNC(=O)c2nc(sc2COC)C(C(C)C)CC(=O)c2nc1sc2C. The largest absolute Gasteiger partial charge is 0.481 e. The zero-order valence-corrected chi connectivity index (χ0v) is 55.0. The second-order valence-electron chi connectivity index (χ2n) is 22.1. The van der Waals surface area contributed by atoms with Crippen LogP contribution in [0.2, 0.25) is 0 Å². The number of oxazole rings is 1. The molecule has 6 N–H and O–H groups in total. The summed E-state index contributed by atoms with van der Waals surface area (Å²) in [5, 5.41) is 40.2. The molecule has 31 heteroatoms. The maximum atomic E-state index is 14.5. The lowest BCUT2D eigenvalue weighted by atomic mass is 9.81. The van der Waals surface area contributed by atoms with Crippen LogP contribution < -0.4 is 26.2 Å². The number of carboxylic acids is 2. The topological polar surface area (TPSA) is 354 Å². The number of Topliss-reactive ketones (excluding diaryl/α,β-unsaturated/α-hetero) is 1. The first-order valence-electron chi connectivity index (χ1n) is 29.0. The molecule has 0 saturated heterocycles. The average Bonchev–Trinajstić information content (AvgIpc) is 1.73. The number of aromatic carboxylic acids is 1. The van der Waals surface area contributed by atoms with E-state index in [-0.39, 0.29) is 91.7 Å². The molecule has 11 rings (SSSR count). The molecule has 1 fully saturated rings. The molecule has 476 valence electrons. The van der Waals surface area contributed by atoms with Gasteiger partial charge in [-0.2, -0.15) is 0 Å². The highest BCUT2D eigenvalue weighted by Crippen LogP contribution is 2.43. The van der Waals surface area contributed by atoms with Gasteiger partial charge in [-0.05, 0) is 56.2 Å². The van der Waals surface area contributed by atoms with Crippen molar-refractivity contribution in [3.63, 3.8) is 0 Å². The number of hydrogen-bond acceptors (Lipinski definition) is 24. The molecular formula is C61H59N13O12S6. The number of ketones is 1. The summed E-state index contributed by atoms with van der Waals surface area (Å²) in [4.78, 5) is 149. The van der Waals surface area contributed by atoms with E-state index >= 15 is 0 Å². The summed E-state index contributed by atoms with van der Waals surface area (Å²) in [5.74, 6) is -7.96. The molecule has 92 heavy (non-hydrogen) atoms. The number of nitrogens with one attached hydrogen (secondary N) is 4. The van der Waals surface area contributed by atoms with Gasteiger partial charge in [-0.1, -0.05) is 51.1 Å². The standard InChI is InChI=1S/C61H59N13O12S6/c1-27(2)34-18-40(75)47-29(4)91-56(72-47)36(19-44(76)62-5)66-50(78)38-24-87-52(68-38)33-16-17-35(54-70-43(26-90-54)74(61-64-20-41(86-61)60(83)84)58(80)31-12-14-32(15-13-31)59(81)82)65-48(33)37-23-88-55(67-37)39-25-89-57(69-39)46(28(3)30-10-8-7-9-11-30)71-45(77)21-63-51(79)49-42(22-85-6)92-53(34)73-49/h7-11,16-17,20,23-28,31-32,34,36,46H,12-15,18-19,21-22H2,1-6H3,(H,62,76)(H,63,79)(H,66,78)(H,71,77)(H,81,82)(H,83,84)/t28-,31?,32?,34?,36-,46-/m0/s1. The Morgan fingerprint density at radius 1 is 0.728 bits per heavy atom. The number of nitrogens with zero attached hydrogens (tertiary/aromatic N) is 9. The predicted octanol–water partition coefficient (Wildman–Crippen LogP) is 10.5.